The summed E-state index contributed by atoms with van der Waals surface area (Å²) in [6.45, 7) is 11.7. The van der Waals surface area contributed by atoms with E-state index in [0.717, 1.165) is 65.3 Å². The Kier molecular flexibility index (Phi) is 20.4. The lowest BCUT2D eigenvalue weighted by Crippen LogP contribution is -2.76. The summed E-state index contributed by atoms with van der Waals surface area (Å²) in [6, 6.07) is 22.2. The lowest BCUT2D eigenvalue weighted by Gasteiger charge is -2.62. The second-order valence-corrected chi connectivity index (χ2v) is 20.1. The molecule has 2 aliphatic heterocycles. The normalized spacial score (nSPS) is 19.2. The average molecular weight is 998 g/mol. The number of amides is 3. The maximum Gasteiger partial charge on any atom is 0.415 e. The highest BCUT2D eigenvalue weighted by atomic mass is 35.5. The molecular formula is C51H64ClF2N4O10P. The molecule has 0 aromatic heterocycles. The second kappa shape index (κ2) is 25.9. The first-order chi connectivity index (χ1) is 33.2. The fourth-order valence-electron chi connectivity index (χ4n) is 9.35. The van der Waals surface area contributed by atoms with Crippen molar-refractivity contribution in [2.45, 2.75) is 91.1 Å². The minimum atomic E-state index is -0.870. The van der Waals surface area contributed by atoms with E-state index in [4.69, 9.17) is 25.8 Å². The smallest absolute Gasteiger partial charge is 0.415 e. The number of hydrogen-bond acceptors (Lipinski definition) is 10. The molecule has 0 radical (unpaired) electrons. The third kappa shape index (κ3) is 14.0. The fourth-order valence-corrected chi connectivity index (χ4v) is 12.3. The van der Waals surface area contributed by atoms with Crippen molar-refractivity contribution in [3.8, 4) is 17.2 Å². The molecule has 0 bridgehead atoms. The van der Waals surface area contributed by atoms with Gasteiger partial charge in [-0.3, -0.25) is 14.5 Å². The highest BCUT2D eigenvalue weighted by Crippen LogP contribution is 2.63. The van der Waals surface area contributed by atoms with E-state index in [-0.39, 0.29) is 53.1 Å². The van der Waals surface area contributed by atoms with Crippen molar-refractivity contribution >= 4 is 37.9 Å². The quantitative estimate of drug-likeness (QED) is 0.0213. The van der Waals surface area contributed by atoms with E-state index < -0.39 is 42.7 Å². The molecule has 3 fully saturated rings. The summed E-state index contributed by atoms with van der Waals surface area (Å²) in [5, 5.41) is 12.0. The molecule has 0 spiro atoms. The molecule has 14 nitrogen and oxygen atoms in total. The molecule has 69 heavy (non-hydrogen) atoms. The van der Waals surface area contributed by atoms with Crippen molar-refractivity contribution in [3.05, 3.63) is 133 Å². The van der Waals surface area contributed by atoms with Gasteiger partial charge < -0.3 is 34.0 Å². The van der Waals surface area contributed by atoms with Crippen molar-refractivity contribution in [1.82, 2.24) is 15.1 Å². The maximum absolute atomic E-state index is 14.9. The lowest BCUT2D eigenvalue weighted by atomic mass is 9.59. The van der Waals surface area contributed by atoms with Crippen molar-refractivity contribution in [1.29, 1.82) is 0 Å². The van der Waals surface area contributed by atoms with E-state index in [1.165, 1.54) is 0 Å². The molecule has 5 unspecified atom stereocenters. The molecular weight excluding hydrogens is 933 g/mol. The number of hydrogen-bond donors (Lipinski definition) is 1. The summed E-state index contributed by atoms with van der Waals surface area (Å²) in [5.74, 6) is -1.29. The Bertz CT molecular complexity index is 2360. The summed E-state index contributed by atoms with van der Waals surface area (Å²) in [4.78, 5) is 57.9. The van der Waals surface area contributed by atoms with Crippen LogP contribution in [0.15, 0.2) is 78.9 Å². The summed E-state index contributed by atoms with van der Waals surface area (Å²) >= 11 is 5.92. The molecule has 2 heterocycles. The van der Waals surface area contributed by atoms with Crippen LogP contribution in [-0.4, -0.2) is 104 Å². The molecule has 374 valence electrons. The standard InChI is InChI=1S/C45H49ClF2N3O8P.C4H9NO2.C2H6/c1-28-21-32(14-19-38(28)56-3)24-49(34-15-16-34)43(52)29(2)42-45(23-31-12-10-30(11-13-31)8-6-20-57-41-37(48)18-17-36(47)40(41)46)27-60(4)26-39(45)50(42)44(53)59-35-9-5-7-33(22-35)25-58-51(54)55;1-7-3-2-5-4-6;1-2/h5,7,9-14,17-19,21-22,29,34,39,42H,6,8,15-16,20,23-27H2,1-4H3;4H,2-3H2,1H3,(H,5,6);1-2H3. The Hall–Kier alpha value is -5.57. The minimum absolute atomic E-state index is 0.00479. The Morgan fingerprint density at radius 2 is 1.70 bits per heavy atom. The number of nitrogens with one attached hydrogen (secondary N) is 1. The first kappa shape index (κ1) is 54.4. The molecule has 4 aromatic carbocycles. The molecule has 4 aromatic rings. The van der Waals surface area contributed by atoms with Gasteiger partial charge in [-0.15, -0.1) is 18.0 Å². The molecule has 5 atom stereocenters. The topological polar surface area (TPSA) is 159 Å². The van der Waals surface area contributed by atoms with Crippen molar-refractivity contribution < 1.29 is 52.0 Å². The number of ether oxygens (including phenoxy) is 4. The van der Waals surface area contributed by atoms with E-state index in [2.05, 4.69) is 51.9 Å². The Labute approximate surface area is 409 Å². The Balaban J connectivity index is 0.000000906. The van der Waals surface area contributed by atoms with E-state index in [1.54, 1.807) is 43.4 Å². The van der Waals surface area contributed by atoms with Gasteiger partial charge in [0, 0.05) is 37.7 Å². The maximum atomic E-state index is 14.9. The van der Waals surface area contributed by atoms with Crippen molar-refractivity contribution in [2.75, 3.05) is 53.0 Å². The van der Waals surface area contributed by atoms with Crippen LogP contribution in [0.3, 0.4) is 0 Å². The van der Waals surface area contributed by atoms with Gasteiger partial charge in [-0.05, 0) is 116 Å². The van der Waals surface area contributed by atoms with Crippen LogP contribution in [0.2, 0.25) is 5.02 Å². The Morgan fingerprint density at radius 3 is 2.35 bits per heavy atom. The first-order valence-corrected chi connectivity index (χ1v) is 25.7. The largest absolute Gasteiger partial charge is 0.496 e. The van der Waals surface area contributed by atoms with Gasteiger partial charge in [0.05, 0.1) is 32.3 Å². The number of aryl methyl sites for hydroxylation is 2. The molecule has 7 rings (SSSR count). The Morgan fingerprint density at radius 1 is 1.00 bits per heavy atom. The lowest BCUT2D eigenvalue weighted by molar-refractivity contribution is -0.763. The zero-order valence-electron chi connectivity index (χ0n) is 40.4. The van der Waals surface area contributed by atoms with Gasteiger partial charge >= 0.3 is 6.09 Å². The minimum Gasteiger partial charge on any atom is -0.496 e. The van der Waals surface area contributed by atoms with Crippen LogP contribution in [0, 0.1) is 40.0 Å². The van der Waals surface area contributed by atoms with Crippen molar-refractivity contribution in [2.24, 2.45) is 11.3 Å². The van der Waals surface area contributed by atoms with Crippen LogP contribution >= 0.6 is 19.5 Å². The summed E-state index contributed by atoms with van der Waals surface area (Å²) in [6.07, 6.45) is 5.47. The van der Waals surface area contributed by atoms with Gasteiger partial charge in [-0.2, -0.15) is 0 Å². The van der Waals surface area contributed by atoms with Gasteiger partial charge in [0.15, 0.2) is 11.6 Å². The highest BCUT2D eigenvalue weighted by Gasteiger charge is 2.68. The zero-order chi connectivity index (χ0) is 50.3. The predicted molar refractivity (Wildman–Crippen MR) is 262 cm³/mol. The molecule has 2 saturated heterocycles. The fraction of sp³-hybridized carbons (Fsp3) is 0.471. The second-order valence-electron chi connectivity index (χ2n) is 17.3. The highest BCUT2D eigenvalue weighted by molar-refractivity contribution is 7.57. The SMILES string of the molecule is CC.COCCNC=O.COc1ccc(CN(C(=O)C(C)C2N(C(=O)Oc3cccc(CO[N+](=O)[O-])c3)C3CP(C)CC32Cc2ccc(CCCOc3c(F)ccc(F)c3Cl)cc2)C2CC2)cc1C. The van der Waals surface area contributed by atoms with Crippen LogP contribution in [0.25, 0.3) is 0 Å². The molecule has 3 amide bonds. The third-order valence-corrected chi connectivity index (χ3v) is 14.9. The van der Waals surface area contributed by atoms with Crippen LogP contribution in [0.4, 0.5) is 13.6 Å². The molecule has 1 N–H and O–H groups in total. The molecule has 18 heteroatoms. The number of likely N-dealkylation sites (tertiary alicyclic amines) is 1. The first-order valence-electron chi connectivity index (χ1n) is 23.2. The predicted octanol–water partition coefficient (Wildman–Crippen LogP) is 9.79. The number of nitrogens with zero attached hydrogens (tertiary/aromatic N) is 3. The third-order valence-electron chi connectivity index (χ3n) is 12.5. The van der Waals surface area contributed by atoms with E-state index >= 15 is 0 Å². The number of rotatable bonds is 21. The van der Waals surface area contributed by atoms with E-state index in [1.807, 2.05) is 44.7 Å². The number of methoxy groups -OCH3 is 2. The van der Waals surface area contributed by atoms with E-state index in [0.29, 0.717) is 50.9 Å². The zero-order valence-corrected chi connectivity index (χ0v) is 42.0. The van der Waals surface area contributed by atoms with Gasteiger partial charge in [0.1, 0.15) is 28.9 Å². The summed E-state index contributed by atoms with van der Waals surface area (Å²) < 4.78 is 49.6. The molecule has 1 saturated carbocycles. The number of carbonyl (C=O) groups excluding carboxylic acids is 3. The number of carbonyl (C=O) groups is 3. The summed E-state index contributed by atoms with van der Waals surface area (Å²) in [5.41, 5.74) is 4.22. The average Bonchev–Trinajstić information content (AvgIpc) is 4.15. The number of benzene rings is 4. The number of fused-ring (bicyclic) bond motifs is 1. The van der Waals surface area contributed by atoms with Crippen LogP contribution in [0.1, 0.15) is 67.9 Å². The van der Waals surface area contributed by atoms with Crippen LogP contribution in [0.5, 0.6) is 17.2 Å². The molecule has 3 aliphatic rings. The summed E-state index contributed by atoms with van der Waals surface area (Å²) in [7, 11) is 2.76. The molecule has 1 aliphatic carbocycles. The van der Waals surface area contributed by atoms with Crippen molar-refractivity contribution in [3.63, 3.8) is 0 Å². The van der Waals surface area contributed by atoms with Crippen LogP contribution < -0.4 is 19.5 Å². The number of halogens is 3. The monoisotopic (exact) mass is 996 g/mol. The van der Waals surface area contributed by atoms with Gasteiger partial charge in [-0.25, -0.2) is 13.6 Å². The van der Waals surface area contributed by atoms with Crippen LogP contribution in [-0.2, 0) is 45.2 Å². The van der Waals surface area contributed by atoms with Gasteiger partial charge in [-0.1, -0.05) is 80.9 Å². The van der Waals surface area contributed by atoms with E-state index in [9.17, 15) is 33.3 Å². The van der Waals surface area contributed by atoms with Gasteiger partial charge in [0.2, 0.25) is 12.3 Å². The van der Waals surface area contributed by atoms with Gasteiger partial charge in [0.25, 0.3) is 5.09 Å².